The maximum atomic E-state index is 11.9. The molecular weight excluding hydrogens is 203 g/mol. The van der Waals surface area contributed by atoms with Gasteiger partial charge in [0.25, 0.3) is 0 Å². The first-order chi connectivity index (χ1) is 6.29. The van der Waals surface area contributed by atoms with Crippen molar-refractivity contribution in [3.8, 4) is 0 Å². The van der Waals surface area contributed by atoms with E-state index >= 15 is 0 Å². The minimum Gasteiger partial charge on any atom is -0.465 e. The van der Waals surface area contributed by atoms with Crippen molar-refractivity contribution in [3.63, 3.8) is 0 Å². The SMILES string of the molecule is O=C(O)N1CC(O)C(CC(F)(F)F)C1. The third kappa shape index (κ3) is 2.76. The summed E-state index contributed by atoms with van der Waals surface area (Å²) in [6.07, 6.45) is -8.01. The molecule has 2 atom stereocenters. The van der Waals surface area contributed by atoms with Crippen molar-refractivity contribution in [2.45, 2.75) is 18.7 Å². The normalized spacial score (nSPS) is 28.1. The highest BCUT2D eigenvalue weighted by Crippen LogP contribution is 2.30. The van der Waals surface area contributed by atoms with Gasteiger partial charge in [-0.1, -0.05) is 0 Å². The molecule has 0 aromatic rings. The Morgan fingerprint density at radius 3 is 2.36 bits per heavy atom. The molecule has 2 N–H and O–H groups in total. The largest absolute Gasteiger partial charge is 0.465 e. The molecule has 7 heteroatoms. The molecule has 1 heterocycles. The summed E-state index contributed by atoms with van der Waals surface area (Å²) in [5.41, 5.74) is 0. The highest BCUT2D eigenvalue weighted by molar-refractivity contribution is 5.65. The van der Waals surface area contributed by atoms with Gasteiger partial charge in [0, 0.05) is 12.5 Å². The van der Waals surface area contributed by atoms with Gasteiger partial charge < -0.3 is 15.1 Å². The van der Waals surface area contributed by atoms with E-state index in [1.807, 2.05) is 0 Å². The first-order valence-electron chi connectivity index (χ1n) is 4.02. The van der Waals surface area contributed by atoms with Crippen LogP contribution in [0.3, 0.4) is 0 Å². The van der Waals surface area contributed by atoms with E-state index in [1.54, 1.807) is 0 Å². The zero-order valence-electron chi connectivity index (χ0n) is 7.16. The molecule has 0 aliphatic carbocycles. The number of likely N-dealkylation sites (tertiary alicyclic amines) is 1. The molecule has 1 aliphatic heterocycles. The lowest BCUT2D eigenvalue weighted by Crippen LogP contribution is -2.27. The van der Waals surface area contributed by atoms with E-state index < -0.39 is 30.7 Å². The predicted octanol–water partition coefficient (Wildman–Crippen LogP) is 0.910. The number of carbonyl (C=O) groups is 1. The van der Waals surface area contributed by atoms with Crippen molar-refractivity contribution in [2.75, 3.05) is 13.1 Å². The Morgan fingerprint density at radius 2 is 2.00 bits per heavy atom. The van der Waals surface area contributed by atoms with Crippen LogP contribution >= 0.6 is 0 Å². The van der Waals surface area contributed by atoms with Crippen molar-refractivity contribution in [3.05, 3.63) is 0 Å². The Kier molecular flexibility index (Phi) is 2.89. The standard InChI is InChI=1S/C7H10F3NO3/c8-7(9,10)1-4-2-11(6(13)14)3-5(4)12/h4-5,12H,1-3H2,(H,13,14). The Hall–Kier alpha value is -0.980. The number of rotatable bonds is 1. The minimum atomic E-state index is -4.36. The smallest absolute Gasteiger partial charge is 0.407 e. The lowest BCUT2D eigenvalue weighted by atomic mass is 10.0. The summed E-state index contributed by atoms with van der Waals surface area (Å²) in [6.45, 7) is -0.494. The molecule has 0 bridgehead atoms. The van der Waals surface area contributed by atoms with Crippen LogP contribution in [0.25, 0.3) is 0 Å². The molecule has 4 nitrogen and oxygen atoms in total. The molecule has 1 fully saturated rings. The van der Waals surface area contributed by atoms with Crippen LogP contribution in [-0.2, 0) is 0 Å². The number of halogens is 3. The highest BCUT2D eigenvalue weighted by Gasteiger charge is 2.41. The number of hydrogen-bond donors (Lipinski definition) is 2. The summed E-state index contributed by atoms with van der Waals surface area (Å²) in [4.78, 5) is 11.2. The van der Waals surface area contributed by atoms with E-state index in [2.05, 4.69) is 0 Å². The first-order valence-corrected chi connectivity index (χ1v) is 4.02. The summed E-state index contributed by atoms with van der Waals surface area (Å²) in [5, 5.41) is 17.6. The Bertz CT molecular complexity index is 231. The fourth-order valence-corrected chi connectivity index (χ4v) is 1.51. The zero-order chi connectivity index (χ0) is 10.9. The number of β-amino-alcohol motifs (C(OH)–C–C–N with tert-alkyl or cyclic N) is 1. The summed E-state index contributed by atoms with van der Waals surface area (Å²) in [5.74, 6) is -1.04. The quantitative estimate of drug-likeness (QED) is 0.680. The summed E-state index contributed by atoms with van der Waals surface area (Å²) in [6, 6.07) is 0. The van der Waals surface area contributed by atoms with E-state index in [0.717, 1.165) is 4.90 Å². The van der Waals surface area contributed by atoms with Crippen molar-refractivity contribution < 1.29 is 28.2 Å². The molecule has 82 valence electrons. The molecule has 0 saturated carbocycles. The van der Waals surface area contributed by atoms with Crippen LogP contribution in [0.4, 0.5) is 18.0 Å². The number of alkyl halides is 3. The maximum absolute atomic E-state index is 11.9. The molecule has 0 radical (unpaired) electrons. The van der Waals surface area contributed by atoms with Gasteiger partial charge in [0.05, 0.1) is 19.1 Å². The van der Waals surface area contributed by atoms with Crippen LogP contribution in [0, 0.1) is 5.92 Å². The van der Waals surface area contributed by atoms with Crippen LogP contribution in [-0.4, -0.2) is 46.6 Å². The summed E-state index contributed by atoms with van der Waals surface area (Å²) < 4.78 is 35.8. The Balaban J connectivity index is 2.53. The van der Waals surface area contributed by atoms with Gasteiger partial charge in [-0.25, -0.2) is 4.79 Å². The molecular formula is C7H10F3NO3. The third-order valence-electron chi connectivity index (χ3n) is 2.17. The second-order valence-corrected chi connectivity index (χ2v) is 3.33. The van der Waals surface area contributed by atoms with Crippen molar-refractivity contribution in [1.29, 1.82) is 0 Å². The molecule has 1 aliphatic rings. The molecule has 14 heavy (non-hydrogen) atoms. The number of amides is 1. The second kappa shape index (κ2) is 3.64. The van der Waals surface area contributed by atoms with Crippen LogP contribution in [0.5, 0.6) is 0 Å². The molecule has 1 amide bonds. The maximum Gasteiger partial charge on any atom is 0.407 e. The van der Waals surface area contributed by atoms with Gasteiger partial charge in [0.2, 0.25) is 0 Å². The number of carboxylic acid groups (broad SMARTS) is 1. The highest BCUT2D eigenvalue weighted by atomic mass is 19.4. The van der Waals surface area contributed by atoms with E-state index in [9.17, 15) is 18.0 Å². The molecule has 1 rings (SSSR count). The van der Waals surface area contributed by atoms with E-state index in [1.165, 1.54) is 0 Å². The average Bonchev–Trinajstić information content (AvgIpc) is 2.29. The second-order valence-electron chi connectivity index (χ2n) is 3.33. The zero-order valence-corrected chi connectivity index (χ0v) is 7.16. The number of aliphatic hydroxyl groups excluding tert-OH is 1. The Morgan fingerprint density at radius 1 is 1.43 bits per heavy atom. The molecule has 0 spiro atoms. The fraction of sp³-hybridized carbons (Fsp3) is 0.857. The summed E-state index contributed by atoms with van der Waals surface area (Å²) >= 11 is 0. The van der Waals surface area contributed by atoms with Crippen molar-refractivity contribution >= 4 is 6.09 Å². The number of hydrogen-bond acceptors (Lipinski definition) is 2. The van der Waals surface area contributed by atoms with Crippen LogP contribution in [0.1, 0.15) is 6.42 Å². The van der Waals surface area contributed by atoms with Gasteiger partial charge >= 0.3 is 12.3 Å². The topological polar surface area (TPSA) is 60.8 Å². The van der Waals surface area contributed by atoms with Gasteiger partial charge in [-0.15, -0.1) is 0 Å². The lowest BCUT2D eigenvalue weighted by Gasteiger charge is -2.14. The summed E-state index contributed by atoms with van der Waals surface area (Å²) in [7, 11) is 0. The van der Waals surface area contributed by atoms with Crippen molar-refractivity contribution in [2.24, 2.45) is 5.92 Å². The third-order valence-corrected chi connectivity index (χ3v) is 2.17. The monoisotopic (exact) mass is 213 g/mol. The molecule has 1 saturated heterocycles. The van der Waals surface area contributed by atoms with Gasteiger partial charge in [0.15, 0.2) is 0 Å². The Labute approximate surface area is 77.9 Å². The average molecular weight is 213 g/mol. The van der Waals surface area contributed by atoms with Crippen LogP contribution in [0.2, 0.25) is 0 Å². The lowest BCUT2D eigenvalue weighted by molar-refractivity contribution is -0.149. The number of aliphatic hydroxyl groups is 1. The van der Waals surface area contributed by atoms with Crippen LogP contribution in [0.15, 0.2) is 0 Å². The van der Waals surface area contributed by atoms with Crippen LogP contribution < -0.4 is 0 Å². The van der Waals surface area contributed by atoms with Gasteiger partial charge in [0.1, 0.15) is 0 Å². The molecule has 2 unspecified atom stereocenters. The predicted molar refractivity (Wildman–Crippen MR) is 39.8 cm³/mol. The van der Waals surface area contributed by atoms with E-state index in [-0.39, 0.29) is 13.1 Å². The minimum absolute atomic E-state index is 0.240. The fourth-order valence-electron chi connectivity index (χ4n) is 1.51. The number of nitrogens with zero attached hydrogens (tertiary/aromatic N) is 1. The molecule has 0 aromatic heterocycles. The van der Waals surface area contributed by atoms with Gasteiger partial charge in [-0.05, 0) is 0 Å². The first kappa shape index (κ1) is 11.1. The van der Waals surface area contributed by atoms with Crippen molar-refractivity contribution in [1.82, 2.24) is 4.90 Å². The van der Waals surface area contributed by atoms with Gasteiger partial charge in [-0.2, -0.15) is 13.2 Å². The van der Waals surface area contributed by atoms with Gasteiger partial charge in [-0.3, -0.25) is 0 Å². The molecule has 0 aromatic carbocycles. The van der Waals surface area contributed by atoms with E-state index in [0.29, 0.717) is 0 Å². The van der Waals surface area contributed by atoms with E-state index in [4.69, 9.17) is 10.2 Å².